The molecule has 190 valence electrons. The van der Waals surface area contributed by atoms with Gasteiger partial charge in [-0.05, 0) is 37.6 Å². The minimum atomic E-state index is -1.03. The van der Waals surface area contributed by atoms with Crippen LogP contribution in [0.1, 0.15) is 52.7 Å². The Hall–Kier alpha value is -2.71. The van der Waals surface area contributed by atoms with E-state index >= 15 is 0 Å². The molecule has 0 fully saturated rings. The number of carbonyl (C=O) groups excluding carboxylic acids is 2. The first-order valence-electron chi connectivity index (χ1n) is 11.5. The maximum absolute atomic E-state index is 13.5. The molecule has 0 spiro atoms. The Kier molecular flexibility index (Phi) is 10.5. The average Bonchev–Trinajstić information content (AvgIpc) is 2.74. The SMILES string of the molecule is CNCc1cccc(C(C)(C)C(NC)C(=O)NC(C(=O)N(C)C/C=C(\C)C(=O)O)C(C)(C)C)c1. The summed E-state index contributed by atoms with van der Waals surface area (Å²) in [7, 11) is 5.23. The maximum atomic E-state index is 13.5. The third kappa shape index (κ3) is 7.67. The Morgan fingerprint density at radius 1 is 1.09 bits per heavy atom. The van der Waals surface area contributed by atoms with Crippen molar-refractivity contribution in [3.63, 3.8) is 0 Å². The number of hydrogen-bond donors (Lipinski definition) is 4. The molecule has 2 unspecified atom stereocenters. The van der Waals surface area contributed by atoms with E-state index in [9.17, 15) is 14.4 Å². The lowest BCUT2D eigenvalue weighted by Gasteiger charge is -2.38. The summed E-state index contributed by atoms with van der Waals surface area (Å²) in [6.07, 6.45) is 1.49. The van der Waals surface area contributed by atoms with E-state index in [4.69, 9.17) is 5.11 Å². The van der Waals surface area contributed by atoms with Crippen molar-refractivity contribution in [1.82, 2.24) is 20.9 Å². The van der Waals surface area contributed by atoms with E-state index in [0.29, 0.717) is 0 Å². The number of nitrogens with one attached hydrogen (secondary N) is 3. The first-order valence-corrected chi connectivity index (χ1v) is 11.5. The molecular formula is C26H42N4O4. The predicted molar refractivity (Wildman–Crippen MR) is 135 cm³/mol. The van der Waals surface area contributed by atoms with Gasteiger partial charge in [-0.15, -0.1) is 0 Å². The number of nitrogens with zero attached hydrogens (tertiary/aromatic N) is 1. The summed E-state index contributed by atoms with van der Waals surface area (Å²) in [5.41, 5.74) is 1.19. The molecule has 8 nitrogen and oxygen atoms in total. The van der Waals surface area contributed by atoms with Crippen LogP contribution < -0.4 is 16.0 Å². The van der Waals surface area contributed by atoms with Crippen LogP contribution in [-0.2, 0) is 26.3 Å². The number of amides is 2. The first kappa shape index (κ1) is 29.3. The van der Waals surface area contributed by atoms with Gasteiger partial charge in [0, 0.05) is 31.1 Å². The van der Waals surface area contributed by atoms with E-state index in [1.54, 1.807) is 14.1 Å². The highest BCUT2D eigenvalue weighted by Crippen LogP contribution is 2.29. The summed E-state index contributed by atoms with van der Waals surface area (Å²) in [5, 5.41) is 18.3. The zero-order valence-corrected chi connectivity index (χ0v) is 22.1. The topological polar surface area (TPSA) is 111 Å². The van der Waals surface area contributed by atoms with Gasteiger partial charge in [-0.2, -0.15) is 0 Å². The molecule has 4 N–H and O–H groups in total. The standard InChI is InChI=1S/C26H42N4O4/c1-17(24(33)34)13-14-30(9)23(32)21(25(2,3)4)29-22(31)20(28-8)26(5,6)19-12-10-11-18(15-19)16-27-7/h10-13,15,20-21,27-28H,14,16H2,1-9H3,(H,29,31)(H,33,34)/b17-13+. The predicted octanol–water partition coefficient (Wildman–Crippen LogP) is 2.29. The molecule has 8 heteroatoms. The van der Waals surface area contributed by atoms with Crippen molar-refractivity contribution in [2.45, 2.75) is 65.6 Å². The zero-order valence-electron chi connectivity index (χ0n) is 22.1. The van der Waals surface area contributed by atoms with Crippen LogP contribution in [0.3, 0.4) is 0 Å². The van der Waals surface area contributed by atoms with Crippen LogP contribution in [0.5, 0.6) is 0 Å². The van der Waals surface area contributed by atoms with Crippen LogP contribution in [-0.4, -0.2) is 67.6 Å². The van der Waals surface area contributed by atoms with Gasteiger partial charge < -0.3 is 26.0 Å². The molecule has 0 saturated heterocycles. The minimum absolute atomic E-state index is 0.138. The van der Waals surface area contributed by atoms with Gasteiger partial charge in [0.05, 0.1) is 6.04 Å². The van der Waals surface area contributed by atoms with Crippen LogP contribution >= 0.6 is 0 Å². The van der Waals surface area contributed by atoms with Gasteiger partial charge in [-0.25, -0.2) is 4.79 Å². The molecule has 1 aromatic carbocycles. The van der Waals surface area contributed by atoms with Crippen LogP contribution in [0.2, 0.25) is 0 Å². The Balaban J connectivity index is 3.17. The van der Waals surface area contributed by atoms with Crippen LogP contribution in [0, 0.1) is 5.41 Å². The Bertz CT molecular complexity index is 902. The van der Waals surface area contributed by atoms with E-state index in [1.165, 1.54) is 17.9 Å². The Morgan fingerprint density at radius 3 is 2.21 bits per heavy atom. The lowest BCUT2D eigenvalue weighted by atomic mass is 9.76. The number of carboxylic acids is 1. The first-order chi connectivity index (χ1) is 15.7. The van der Waals surface area contributed by atoms with E-state index in [2.05, 4.69) is 22.0 Å². The van der Waals surface area contributed by atoms with Gasteiger partial charge in [0.1, 0.15) is 6.04 Å². The van der Waals surface area contributed by atoms with Gasteiger partial charge >= 0.3 is 5.97 Å². The number of hydrogen-bond acceptors (Lipinski definition) is 5. The summed E-state index contributed by atoms with van der Waals surface area (Å²) >= 11 is 0. The highest BCUT2D eigenvalue weighted by Gasteiger charge is 2.40. The van der Waals surface area contributed by atoms with Gasteiger partial charge in [-0.1, -0.05) is 65.0 Å². The summed E-state index contributed by atoms with van der Waals surface area (Å²) < 4.78 is 0. The van der Waals surface area contributed by atoms with Crippen LogP contribution in [0.4, 0.5) is 0 Å². The van der Waals surface area contributed by atoms with Crippen molar-refractivity contribution in [3.05, 3.63) is 47.0 Å². The van der Waals surface area contributed by atoms with Crippen molar-refractivity contribution in [1.29, 1.82) is 0 Å². The van der Waals surface area contributed by atoms with Crippen molar-refractivity contribution >= 4 is 17.8 Å². The highest BCUT2D eigenvalue weighted by molar-refractivity contribution is 5.91. The molecule has 34 heavy (non-hydrogen) atoms. The largest absolute Gasteiger partial charge is 0.478 e. The molecule has 0 aliphatic carbocycles. The molecule has 0 aliphatic rings. The molecule has 1 aromatic rings. The molecule has 2 amide bonds. The van der Waals surface area contributed by atoms with Crippen molar-refractivity contribution < 1.29 is 19.5 Å². The van der Waals surface area contributed by atoms with E-state index in [-0.39, 0.29) is 23.9 Å². The maximum Gasteiger partial charge on any atom is 0.331 e. The van der Waals surface area contributed by atoms with Gasteiger partial charge in [-0.3, -0.25) is 9.59 Å². The second-order valence-electron chi connectivity index (χ2n) is 10.4. The monoisotopic (exact) mass is 474 g/mol. The number of benzene rings is 1. The summed E-state index contributed by atoms with van der Waals surface area (Å²) in [5.74, 6) is -1.58. The fourth-order valence-corrected chi connectivity index (χ4v) is 3.82. The van der Waals surface area contributed by atoms with Crippen molar-refractivity contribution in [2.75, 3.05) is 27.7 Å². The molecule has 0 radical (unpaired) electrons. The average molecular weight is 475 g/mol. The number of carbonyl (C=O) groups is 3. The molecule has 0 aliphatic heterocycles. The molecule has 0 aromatic heterocycles. The molecule has 0 saturated carbocycles. The van der Waals surface area contributed by atoms with Gasteiger partial charge in [0.25, 0.3) is 0 Å². The van der Waals surface area contributed by atoms with E-state index < -0.39 is 28.9 Å². The summed E-state index contributed by atoms with van der Waals surface area (Å²) in [6, 6.07) is 6.74. The second-order valence-corrected chi connectivity index (χ2v) is 10.4. The van der Waals surface area contributed by atoms with Crippen molar-refractivity contribution in [2.24, 2.45) is 5.41 Å². The van der Waals surface area contributed by atoms with Gasteiger partial charge in [0.2, 0.25) is 11.8 Å². The van der Waals surface area contributed by atoms with E-state index in [1.807, 2.05) is 59.9 Å². The quantitative estimate of drug-likeness (QED) is 0.366. The third-order valence-electron chi connectivity index (χ3n) is 6.11. The molecule has 0 heterocycles. The fraction of sp³-hybridized carbons (Fsp3) is 0.577. The lowest BCUT2D eigenvalue weighted by Crippen LogP contribution is -2.60. The smallest absolute Gasteiger partial charge is 0.331 e. The molecule has 1 rings (SSSR count). The molecule has 2 atom stereocenters. The van der Waals surface area contributed by atoms with Crippen molar-refractivity contribution in [3.8, 4) is 0 Å². The normalized spacial score (nSPS) is 14.3. The number of carboxylic acid groups (broad SMARTS) is 1. The molecule has 0 bridgehead atoms. The number of aliphatic carboxylic acids is 1. The Morgan fingerprint density at radius 2 is 1.71 bits per heavy atom. The third-order valence-corrected chi connectivity index (χ3v) is 6.11. The second kappa shape index (κ2) is 12.1. The summed E-state index contributed by atoms with van der Waals surface area (Å²) in [4.78, 5) is 39.3. The van der Waals surface area contributed by atoms with Gasteiger partial charge in [0.15, 0.2) is 0 Å². The highest BCUT2D eigenvalue weighted by atomic mass is 16.4. The lowest BCUT2D eigenvalue weighted by molar-refractivity contribution is -0.139. The fourth-order valence-electron chi connectivity index (χ4n) is 3.82. The van der Waals surface area contributed by atoms with Crippen LogP contribution in [0.15, 0.2) is 35.9 Å². The number of rotatable bonds is 11. The number of likely N-dealkylation sites (N-methyl/N-ethyl adjacent to an activating group) is 2. The minimum Gasteiger partial charge on any atom is -0.478 e. The summed E-state index contributed by atoms with van der Waals surface area (Å²) in [6.45, 7) is 12.0. The van der Waals surface area contributed by atoms with Crippen LogP contribution in [0.25, 0.3) is 0 Å². The van der Waals surface area contributed by atoms with E-state index in [0.717, 1.165) is 17.7 Å². The Labute approximate surface area is 204 Å². The zero-order chi connectivity index (χ0) is 26.3. The molecular weight excluding hydrogens is 432 g/mol.